The Bertz CT molecular complexity index is 1560. The van der Waals surface area contributed by atoms with Crippen molar-refractivity contribution >= 4 is 39.9 Å². The highest BCUT2D eigenvalue weighted by Gasteiger charge is 2.48. The largest absolute Gasteiger partial charge is 0.507 e. The molecule has 2 aliphatic rings. The first-order chi connectivity index (χ1) is 20.2. The van der Waals surface area contributed by atoms with Gasteiger partial charge >= 0.3 is 11.9 Å². The summed E-state index contributed by atoms with van der Waals surface area (Å²) in [5.41, 5.74) is 2.20. The Morgan fingerprint density at radius 3 is 2.74 bits per heavy atom. The van der Waals surface area contributed by atoms with Gasteiger partial charge in [-0.05, 0) is 68.7 Å². The topological polar surface area (TPSA) is 115 Å². The number of ketones is 1. The van der Waals surface area contributed by atoms with Crippen LogP contribution in [-0.4, -0.2) is 47.1 Å². The van der Waals surface area contributed by atoms with E-state index < -0.39 is 23.7 Å². The second-order valence-corrected chi connectivity index (χ2v) is 11.4. The Morgan fingerprint density at radius 1 is 1.17 bits per heavy atom. The van der Waals surface area contributed by atoms with Gasteiger partial charge in [-0.25, -0.2) is 9.78 Å². The van der Waals surface area contributed by atoms with Crippen LogP contribution in [0.2, 0.25) is 0 Å². The van der Waals surface area contributed by atoms with Crippen LogP contribution in [0.15, 0.2) is 48.0 Å². The molecule has 1 fully saturated rings. The quantitative estimate of drug-likeness (QED) is 0.0984. The van der Waals surface area contributed by atoms with E-state index >= 15 is 0 Å². The number of Topliss-reactive ketones (excluding diaryl/α,β-unsaturated/α-hetero) is 1. The van der Waals surface area contributed by atoms with Crippen molar-refractivity contribution in [2.45, 2.75) is 65.5 Å². The van der Waals surface area contributed by atoms with Crippen LogP contribution in [0.1, 0.15) is 78.1 Å². The number of ether oxygens (including phenoxy) is 3. The van der Waals surface area contributed by atoms with Gasteiger partial charge in [0.1, 0.15) is 28.2 Å². The molecule has 10 heteroatoms. The summed E-state index contributed by atoms with van der Waals surface area (Å²) in [6.07, 6.45) is 3.67. The van der Waals surface area contributed by atoms with Gasteiger partial charge in [0, 0.05) is 12.0 Å². The van der Waals surface area contributed by atoms with E-state index in [0.717, 1.165) is 41.9 Å². The number of hydrogen-bond acceptors (Lipinski definition) is 9. The van der Waals surface area contributed by atoms with Crippen molar-refractivity contribution in [1.82, 2.24) is 4.98 Å². The lowest BCUT2D eigenvalue weighted by Crippen LogP contribution is -2.29. The number of carbonyl (C=O) groups excluding carboxylic acids is 3. The Balaban J connectivity index is 1.62. The van der Waals surface area contributed by atoms with Gasteiger partial charge in [0.2, 0.25) is 0 Å². The molecule has 1 saturated heterocycles. The van der Waals surface area contributed by atoms with Crippen molar-refractivity contribution < 1.29 is 33.7 Å². The summed E-state index contributed by atoms with van der Waals surface area (Å²) in [7, 11) is 0. The van der Waals surface area contributed by atoms with E-state index in [1.165, 1.54) is 4.90 Å². The minimum Gasteiger partial charge on any atom is -0.507 e. The summed E-state index contributed by atoms with van der Waals surface area (Å²) in [6, 6.07) is 11.4. The van der Waals surface area contributed by atoms with E-state index in [-0.39, 0.29) is 34.1 Å². The number of rotatable bonds is 10. The predicted octanol–water partition coefficient (Wildman–Crippen LogP) is 6.15. The fraction of sp³-hybridized carbons (Fsp3) is 0.375. The second kappa shape index (κ2) is 12.4. The lowest BCUT2D eigenvalue weighted by atomic mass is 9.94. The maximum Gasteiger partial charge on any atom is 0.350 e. The van der Waals surface area contributed by atoms with Crippen molar-refractivity contribution in [2.24, 2.45) is 0 Å². The molecular weight excluding hydrogens is 556 g/mol. The number of aromatic nitrogens is 1. The van der Waals surface area contributed by atoms with Gasteiger partial charge in [-0.1, -0.05) is 43.2 Å². The van der Waals surface area contributed by atoms with E-state index in [1.54, 1.807) is 50.2 Å². The summed E-state index contributed by atoms with van der Waals surface area (Å²) in [5, 5.41) is 11.8. The molecule has 2 atom stereocenters. The van der Waals surface area contributed by atoms with E-state index in [9.17, 15) is 19.5 Å². The summed E-state index contributed by atoms with van der Waals surface area (Å²) < 4.78 is 16.9. The highest BCUT2D eigenvalue weighted by Crippen LogP contribution is 2.45. The number of amides is 1. The molecule has 0 radical (unpaired) electrons. The molecule has 3 aromatic rings. The number of aryl methyl sites for hydroxylation is 1. The normalized spacial score (nSPS) is 19.1. The molecule has 1 amide bonds. The molecule has 0 bridgehead atoms. The number of unbranched alkanes of at least 4 members (excludes halogenated alkanes) is 2. The second-order valence-electron chi connectivity index (χ2n) is 10.4. The number of carbonyl (C=O) groups is 3. The van der Waals surface area contributed by atoms with Crippen LogP contribution in [-0.2, 0) is 20.7 Å². The number of hydrogen-bond donors (Lipinski definition) is 1. The number of anilines is 1. The minimum atomic E-state index is -1.01. The van der Waals surface area contributed by atoms with Crippen LogP contribution in [0.3, 0.4) is 0 Å². The van der Waals surface area contributed by atoms with E-state index in [2.05, 4.69) is 11.9 Å². The molecule has 5 rings (SSSR count). The maximum atomic E-state index is 13.7. The third kappa shape index (κ3) is 5.63. The van der Waals surface area contributed by atoms with Crippen molar-refractivity contribution in [3.8, 4) is 11.5 Å². The predicted molar refractivity (Wildman–Crippen MR) is 159 cm³/mol. The fourth-order valence-electron chi connectivity index (χ4n) is 5.26. The van der Waals surface area contributed by atoms with Crippen LogP contribution < -0.4 is 14.4 Å². The Kier molecular flexibility index (Phi) is 8.63. The zero-order valence-corrected chi connectivity index (χ0v) is 25.0. The highest BCUT2D eigenvalue weighted by molar-refractivity contribution is 7.17. The van der Waals surface area contributed by atoms with Crippen molar-refractivity contribution in [2.75, 3.05) is 18.1 Å². The van der Waals surface area contributed by atoms with E-state index in [1.807, 2.05) is 13.0 Å². The Morgan fingerprint density at radius 2 is 1.98 bits per heavy atom. The monoisotopic (exact) mass is 590 g/mol. The van der Waals surface area contributed by atoms with Crippen LogP contribution in [0.25, 0.3) is 5.76 Å². The van der Waals surface area contributed by atoms with Gasteiger partial charge in [0.15, 0.2) is 5.13 Å². The van der Waals surface area contributed by atoms with Gasteiger partial charge in [0.05, 0.1) is 30.5 Å². The lowest BCUT2D eigenvalue weighted by Gasteiger charge is -2.23. The molecule has 0 unspecified atom stereocenters. The van der Waals surface area contributed by atoms with Gasteiger partial charge in [0.25, 0.3) is 5.78 Å². The lowest BCUT2D eigenvalue weighted by molar-refractivity contribution is -0.132. The van der Waals surface area contributed by atoms with Gasteiger partial charge in [-0.2, -0.15) is 0 Å². The maximum absolute atomic E-state index is 13.7. The summed E-state index contributed by atoms with van der Waals surface area (Å²) >= 11 is 0.974. The average Bonchev–Trinajstić information content (AvgIpc) is 3.62. The Labute approximate surface area is 248 Å². The molecule has 0 aliphatic carbocycles. The number of thiazole rings is 1. The van der Waals surface area contributed by atoms with Crippen molar-refractivity contribution in [3.63, 3.8) is 0 Å². The summed E-state index contributed by atoms with van der Waals surface area (Å²) in [6.45, 7) is 8.15. The van der Waals surface area contributed by atoms with E-state index in [4.69, 9.17) is 14.2 Å². The average molecular weight is 591 g/mol. The molecule has 0 spiro atoms. The number of aliphatic hydroxyl groups excluding tert-OH is 1. The van der Waals surface area contributed by atoms with Gasteiger partial charge in [-0.15, -0.1) is 0 Å². The first-order valence-corrected chi connectivity index (χ1v) is 15.0. The number of benzene rings is 2. The zero-order chi connectivity index (χ0) is 30.0. The highest BCUT2D eigenvalue weighted by atomic mass is 32.1. The minimum absolute atomic E-state index is 0.00442. The molecule has 1 N–H and O–H groups in total. The molecule has 42 heavy (non-hydrogen) atoms. The van der Waals surface area contributed by atoms with Crippen molar-refractivity contribution in [3.05, 3.63) is 75.3 Å². The van der Waals surface area contributed by atoms with Crippen LogP contribution in [0.4, 0.5) is 5.13 Å². The molecule has 2 aliphatic heterocycles. The SMILES string of the molecule is CCCCCOc1cccc([C@@H]2/C(=C(\O)c3ccc4c(c3)C[C@@H](C)O4)C(=O)C(=O)N2c2nc(C)c(C(=O)OCC)s2)c1. The first-order valence-electron chi connectivity index (χ1n) is 14.2. The van der Waals surface area contributed by atoms with Crippen LogP contribution in [0.5, 0.6) is 11.5 Å². The number of aliphatic hydroxyl groups is 1. The molecule has 0 saturated carbocycles. The third-order valence-corrected chi connectivity index (χ3v) is 8.39. The molecule has 3 heterocycles. The molecule has 9 nitrogen and oxygen atoms in total. The molecule has 2 aromatic carbocycles. The number of nitrogens with zero attached hydrogens (tertiary/aromatic N) is 2. The standard InChI is InChI=1S/C32H34N2O7S/c1-5-7-8-14-40-23-11-9-10-20(17-23)26-25(27(35)21-12-13-24-22(16-21)15-18(3)41-24)28(36)30(37)34(26)32-33-19(4)29(42-32)31(38)39-6-2/h9-13,16-18,26,35H,5-8,14-15H2,1-4H3/b27-25+/t18-,26-/m1/s1. The molecular formula is C32H34N2O7S. The number of fused-ring (bicyclic) bond motifs is 1. The first kappa shape index (κ1) is 29.3. The number of esters is 1. The third-order valence-electron chi connectivity index (χ3n) is 7.26. The zero-order valence-electron chi connectivity index (χ0n) is 24.1. The molecule has 220 valence electrons. The van der Waals surface area contributed by atoms with Crippen molar-refractivity contribution in [1.29, 1.82) is 0 Å². The molecule has 1 aromatic heterocycles. The van der Waals surface area contributed by atoms with Gasteiger partial charge < -0.3 is 19.3 Å². The summed E-state index contributed by atoms with van der Waals surface area (Å²) in [4.78, 5) is 45.8. The van der Waals surface area contributed by atoms with Crippen LogP contribution in [0, 0.1) is 6.92 Å². The fourth-order valence-corrected chi connectivity index (χ4v) is 6.25. The van der Waals surface area contributed by atoms with Crippen LogP contribution >= 0.6 is 11.3 Å². The Hall–Kier alpha value is -4.18. The summed E-state index contributed by atoms with van der Waals surface area (Å²) in [5.74, 6) is -1.23. The van der Waals surface area contributed by atoms with E-state index in [0.29, 0.717) is 35.6 Å². The van der Waals surface area contributed by atoms with Gasteiger partial charge in [-0.3, -0.25) is 14.5 Å². The smallest absolute Gasteiger partial charge is 0.350 e.